The third kappa shape index (κ3) is 2.96. The van der Waals surface area contributed by atoms with Gasteiger partial charge in [0.1, 0.15) is 0 Å². The van der Waals surface area contributed by atoms with E-state index in [1.54, 1.807) is 0 Å². The van der Waals surface area contributed by atoms with Gasteiger partial charge in [0.2, 0.25) is 5.91 Å². The highest BCUT2D eigenvalue weighted by Gasteiger charge is 2.35. The van der Waals surface area contributed by atoms with Gasteiger partial charge in [-0.3, -0.25) is 4.79 Å². The van der Waals surface area contributed by atoms with E-state index in [4.69, 9.17) is 4.74 Å². The summed E-state index contributed by atoms with van der Waals surface area (Å²) < 4.78 is 5.42. The average molecular weight is 262 g/mol. The van der Waals surface area contributed by atoms with Gasteiger partial charge < -0.3 is 15.0 Å². The maximum atomic E-state index is 12.6. The molecule has 1 aliphatic heterocycles. The highest BCUT2D eigenvalue weighted by atomic mass is 16.5. The minimum Gasteiger partial charge on any atom is -0.379 e. The summed E-state index contributed by atoms with van der Waals surface area (Å²) in [5.41, 5.74) is 2.16. The number of nitrogens with zero attached hydrogens (tertiary/aromatic N) is 1. The minimum atomic E-state index is -0.0914. The van der Waals surface area contributed by atoms with E-state index in [0.717, 1.165) is 5.69 Å². The van der Waals surface area contributed by atoms with E-state index in [9.17, 15) is 4.79 Å². The van der Waals surface area contributed by atoms with Gasteiger partial charge in [0, 0.05) is 18.3 Å². The van der Waals surface area contributed by atoms with Gasteiger partial charge in [-0.25, -0.2) is 0 Å². The van der Waals surface area contributed by atoms with Crippen molar-refractivity contribution >= 4 is 11.6 Å². The van der Waals surface area contributed by atoms with Crippen LogP contribution in [0.4, 0.5) is 5.69 Å². The molecule has 1 amide bonds. The molecular formula is C15H22N2O2. The van der Waals surface area contributed by atoms with Crippen molar-refractivity contribution in [2.75, 3.05) is 31.7 Å². The highest BCUT2D eigenvalue weighted by Crippen LogP contribution is 2.22. The van der Waals surface area contributed by atoms with Crippen molar-refractivity contribution in [3.63, 3.8) is 0 Å². The third-order valence-electron chi connectivity index (χ3n) is 3.70. The molecule has 1 heterocycles. The Morgan fingerprint density at radius 3 is 2.63 bits per heavy atom. The summed E-state index contributed by atoms with van der Waals surface area (Å²) in [6.07, 6.45) is 0. The Hall–Kier alpha value is -1.39. The number of nitrogens with one attached hydrogen (secondary N) is 1. The summed E-state index contributed by atoms with van der Waals surface area (Å²) in [5.74, 6) is 0.0504. The van der Waals surface area contributed by atoms with Crippen LogP contribution in [0.2, 0.25) is 0 Å². The molecule has 19 heavy (non-hydrogen) atoms. The van der Waals surface area contributed by atoms with Crippen molar-refractivity contribution in [3.8, 4) is 0 Å². The zero-order valence-corrected chi connectivity index (χ0v) is 11.8. The molecule has 1 aromatic carbocycles. The molecule has 0 bridgehead atoms. The van der Waals surface area contributed by atoms with E-state index in [2.05, 4.69) is 5.32 Å². The summed E-state index contributed by atoms with van der Waals surface area (Å²) in [4.78, 5) is 14.5. The van der Waals surface area contributed by atoms with Crippen molar-refractivity contribution in [2.45, 2.75) is 19.9 Å². The lowest BCUT2D eigenvalue weighted by molar-refractivity contribution is -0.122. The predicted molar refractivity (Wildman–Crippen MR) is 76.4 cm³/mol. The normalized spacial score (nSPS) is 22.5. The summed E-state index contributed by atoms with van der Waals surface area (Å²) in [7, 11) is 1.88. The molecule has 1 saturated heterocycles. The van der Waals surface area contributed by atoms with Gasteiger partial charge in [-0.05, 0) is 33.0 Å². The molecule has 0 spiro atoms. The maximum absolute atomic E-state index is 12.6. The standard InChI is InChI=1S/C15H22N2O2/c1-4-17(12-7-5-11(2)6-8-12)15(18)13-9-19-10-14(13)16-3/h5-8,13-14,16H,4,9-10H2,1-3H3. The molecule has 0 aromatic heterocycles. The third-order valence-corrected chi connectivity index (χ3v) is 3.70. The summed E-state index contributed by atoms with van der Waals surface area (Å²) in [5, 5.41) is 3.16. The Balaban J connectivity index is 2.17. The monoisotopic (exact) mass is 262 g/mol. The first-order chi connectivity index (χ1) is 9.17. The van der Waals surface area contributed by atoms with Crippen molar-refractivity contribution in [3.05, 3.63) is 29.8 Å². The second kappa shape index (κ2) is 6.17. The number of likely N-dealkylation sites (N-methyl/N-ethyl adjacent to an activating group) is 1. The van der Waals surface area contributed by atoms with Crippen LogP contribution in [0.5, 0.6) is 0 Å². The number of hydrogen-bond acceptors (Lipinski definition) is 3. The lowest BCUT2D eigenvalue weighted by atomic mass is 10.0. The highest BCUT2D eigenvalue weighted by molar-refractivity contribution is 5.95. The lowest BCUT2D eigenvalue weighted by Gasteiger charge is -2.26. The molecule has 1 aliphatic rings. The van der Waals surface area contributed by atoms with E-state index >= 15 is 0 Å². The number of benzene rings is 1. The van der Waals surface area contributed by atoms with E-state index in [-0.39, 0.29) is 17.9 Å². The van der Waals surface area contributed by atoms with Crippen molar-refractivity contribution in [1.82, 2.24) is 5.32 Å². The smallest absolute Gasteiger partial charge is 0.234 e. The van der Waals surface area contributed by atoms with Crippen LogP contribution in [-0.2, 0) is 9.53 Å². The van der Waals surface area contributed by atoms with Gasteiger partial charge in [0.05, 0.1) is 19.1 Å². The van der Waals surface area contributed by atoms with Gasteiger partial charge in [-0.15, -0.1) is 0 Å². The molecule has 2 unspecified atom stereocenters. The average Bonchev–Trinajstić information content (AvgIpc) is 2.90. The lowest BCUT2D eigenvalue weighted by Crippen LogP contribution is -2.44. The Labute approximate surface area is 114 Å². The molecule has 104 valence electrons. The molecule has 0 aliphatic carbocycles. The van der Waals surface area contributed by atoms with Crippen LogP contribution in [0.1, 0.15) is 12.5 Å². The summed E-state index contributed by atoms with van der Waals surface area (Å²) in [6, 6.07) is 8.19. The molecule has 0 saturated carbocycles. The van der Waals surface area contributed by atoms with Crippen LogP contribution < -0.4 is 10.2 Å². The Kier molecular flexibility index (Phi) is 4.56. The zero-order chi connectivity index (χ0) is 13.8. The summed E-state index contributed by atoms with van der Waals surface area (Å²) >= 11 is 0. The number of carbonyl (C=O) groups is 1. The molecule has 2 rings (SSSR count). The molecule has 2 atom stereocenters. The van der Waals surface area contributed by atoms with E-state index in [1.165, 1.54) is 5.56 Å². The van der Waals surface area contributed by atoms with Crippen LogP contribution in [0.25, 0.3) is 0 Å². The largest absolute Gasteiger partial charge is 0.379 e. The van der Waals surface area contributed by atoms with Gasteiger partial charge in [-0.1, -0.05) is 17.7 Å². The number of rotatable bonds is 4. The van der Waals surface area contributed by atoms with Crippen LogP contribution in [0, 0.1) is 12.8 Å². The molecule has 4 heteroatoms. The SMILES string of the molecule is CCN(C(=O)C1COCC1NC)c1ccc(C)cc1. The van der Waals surface area contributed by atoms with E-state index < -0.39 is 0 Å². The quantitative estimate of drug-likeness (QED) is 0.896. The van der Waals surface area contributed by atoms with Crippen molar-refractivity contribution < 1.29 is 9.53 Å². The van der Waals surface area contributed by atoms with Gasteiger partial charge in [0.25, 0.3) is 0 Å². The van der Waals surface area contributed by atoms with Crippen LogP contribution >= 0.6 is 0 Å². The van der Waals surface area contributed by atoms with E-state index in [0.29, 0.717) is 19.8 Å². The van der Waals surface area contributed by atoms with Gasteiger partial charge >= 0.3 is 0 Å². The number of amides is 1. The summed E-state index contributed by atoms with van der Waals surface area (Å²) in [6.45, 7) is 5.84. The maximum Gasteiger partial charge on any atom is 0.234 e. The fraction of sp³-hybridized carbons (Fsp3) is 0.533. The fourth-order valence-electron chi connectivity index (χ4n) is 2.47. The van der Waals surface area contributed by atoms with Gasteiger partial charge in [0.15, 0.2) is 0 Å². The first-order valence-electron chi connectivity index (χ1n) is 6.80. The van der Waals surface area contributed by atoms with Crippen molar-refractivity contribution in [1.29, 1.82) is 0 Å². The zero-order valence-electron chi connectivity index (χ0n) is 11.8. The number of hydrogen-bond donors (Lipinski definition) is 1. The molecule has 1 aromatic rings. The number of anilines is 1. The number of ether oxygens (including phenoxy) is 1. The topological polar surface area (TPSA) is 41.6 Å². The van der Waals surface area contributed by atoms with Crippen LogP contribution in [0.15, 0.2) is 24.3 Å². The van der Waals surface area contributed by atoms with Crippen LogP contribution in [-0.4, -0.2) is 38.8 Å². The van der Waals surface area contributed by atoms with Crippen LogP contribution in [0.3, 0.4) is 0 Å². The first-order valence-corrected chi connectivity index (χ1v) is 6.80. The number of carbonyl (C=O) groups excluding carboxylic acids is 1. The second-order valence-corrected chi connectivity index (χ2v) is 4.96. The molecule has 4 nitrogen and oxygen atoms in total. The van der Waals surface area contributed by atoms with Gasteiger partial charge in [-0.2, -0.15) is 0 Å². The molecule has 1 N–H and O–H groups in total. The molecule has 0 radical (unpaired) electrons. The van der Waals surface area contributed by atoms with E-state index in [1.807, 2.05) is 50.1 Å². The second-order valence-electron chi connectivity index (χ2n) is 4.96. The Morgan fingerprint density at radius 2 is 2.05 bits per heavy atom. The molecular weight excluding hydrogens is 240 g/mol. The van der Waals surface area contributed by atoms with Crippen molar-refractivity contribution in [2.24, 2.45) is 5.92 Å². The minimum absolute atomic E-state index is 0.0914. The first kappa shape index (κ1) is 14.0. The fourth-order valence-corrected chi connectivity index (χ4v) is 2.47. The number of aryl methyl sites for hydroxylation is 1. The predicted octanol–water partition coefficient (Wildman–Crippen LogP) is 1.58. The Morgan fingerprint density at radius 1 is 1.37 bits per heavy atom. The molecule has 1 fully saturated rings. The Bertz CT molecular complexity index is 430.